The van der Waals surface area contributed by atoms with Crippen LogP contribution in [0.15, 0.2) is 30.3 Å². The molecular weight excluding hydrogens is 372 g/mol. The first kappa shape index (κ1) is 19.8. The monoisotopic (exact) mass is 394 g/mol. The minimum atomic E-state index is -0.586. The fourth-order valence-corrected chi connectivity index (χ4v) is 4.37. The van der Waals surface area contributed by atoms with Crippen molar-refractivity contribution >= 4 is 34.3 Å². The zero-order valence-corrected chi connectivity index (χ0v) is 16.8. The van der Waals surface area contributed by atoms with Gasteiger partial charge in [0.15, 0.2) is 6.61 Å². The number of hydrogen-bond acceptors (Lipinski definition) is 5. The molecule has 1 aliphatic rings. The van der Waals surface area contributed by atoms with Crippen LogP contribution >= 0.6 is 11.3 Å². The van der Waals surface area contributed by atoms with E-state index >= 15 is 0 Å². The van der Waals surface area contributed by atoms with Crippen LogP contribution in [-0.2, 0) is 27.2 Å². The average molecular weight is 394 g/mol. The van der Waals surface area contributed by atoms with Crippen molar-refractivity contribution in [3.8, 4) is 6.07 Å². The normalized spacial score (nSPS) is 12.8. The number of rotatable bonds is 6. The van der Waals surface area contributed by atoms with E-state index in [0.29, 0.717) is 16.5 Å². The molecule has 1 aromatic carbocycles. The van der Waals surface area contributed by atoms with E-state index in [1.54, 1.807) is 6.08 Å². The summed E-state index contributed by atoms with van der Waals surface area (Å²) in [7, 11) is 0. The molecule has 28 heavy (non-hydrogen) atoms. The van der Waals surface area contributed by atoms with E-state index in [0.717, 1.165) is 35.3 Å². The molecule has 0 fully saturated rings. The molecule has 0 radical (unpaired) electrons. The number of anilines is 1. The number of carbonyl (C=O) groups is 2. The summed E-state index contributed by atoms with van der Waals surface area (Å²) < 4.78 is 4.99. The minimum absolute atomic E-state index is 0.386. The number of esters is 1. The third-order valence-electron chi connectivity index (χ3n) is 4.65. The summed E-state index contributed by atoms with van der Waals surface area (Å²) in [5.74, 6) is -0.579. The number of nitrogens with zero attached hydrogens (tertiary/aromatic N) is 1. The molecule has 0 saturated carbocycles. The van der Waals surface area contributed by atoms with Crippen molar-refractivity contribution in [3.63, 3.8) is 0 Å². The summed E-state index contributed by atoms with van der Waals surface area (Å²) in [4.78, 5) is 25.1. The summed E-state index contributed by atoms with van der Waals surface area (Å²) in [5, 5.41) is 12.6. The van der Waals surface area contributed by atoms with Crippen LogP contribution < -0.4 is 5.32 Å². The Hall–Kier alpha value is -2.91. The average Bonchev–Trinajstić information content (AvgIpc) is 3.25. The van der Waals surface area contributed by atoms with Gasteiger partial charge in [-0.3, -0.25) is 4.79 Å². The van der Waals surface area contributed by atoms with Crippen LogP contribution in [0.5, 0.6) is 0 Å². The molecule has 1 aliphatic carbocycles. The Kier molecular flexibility index (Phi) is 6.27. The molecular formula is C22H22N2O3S. The second-order valence-electron chi connectivity index (χ2n) is 6.98. The lowest BCUT2D eigenvalue weighted by Gasteiger charge is -2.05. The van der Waals surface area contributed by atoms with Crippen LogP contribution in [-0.4, -0.2) is 18.5 Å². The molecule has 0 atom stereocenters. The Morgan fingerprint density at radius 2 is 2.04 bits per heavy atom. The first-order chi connectivity index (χ1) is 13.5. The Morgan fingerprint density at radius 1 is 1.29 bits per heavy atom. The Balaban J connectivity index is 1.51. The summed E-state index contributed by atoms with van der Waals surface area (Å²) in [6.45, 7) is 3.86. The summed E-state index contributed by atoms with van der Waals surface area (Å²) in [6.07, 6.45) is 5.83. The number of amides is 1. The number of nitrogens with one attached hydrogen (secondary N) is 1. The fraction of sp³-hybridized carbons (Fsp3) is 0.318. The van der Waals surface area contributed by atoms with Gasteiger partial charge in [0.05, 0.1) is 5.56 Å². The molecule has 1 N–H and O–H groups in total. The number of hydrogen-bond donors (Lipinski definition) is 1. The van der Waals surface area contributed by atoms with Gasteiger partial charge in [-0.25, -0.2) is 4.79 Å². The highest BCUT2D eigenvalue weighted by molar-refractivity contribution is 7.16. The van der Waals surface area contributed by atoms with Crippen molar-refractivity contribution in [2.75, 3.05) is 11.9 Å². The summed E-state index contributed by atoms with van der Waals surface area (Å²) >= 11 is 1.44. The zero-order valence-electron chi connectivity index (χ0n) is 16.0. The number of carbonyl (C=O) groups excluding carboxylic acids is 2. The summed E-state index contributed by atoms with van der Waals surface area (Å²) in [5.41, 5.74) is 3.71. The lowest BCUT2D eigenvalue weighted by atomic mass is 10.0. The van der Waals surface area contributed by atoms with E-state index in [9.17, 15) is 14.9 Å². The molecule has 6 heteroatoms. The lowest BCUT2D eigenvalue weighted by molar-refractivity contribution is -0.142. The quantitative estimate of drug-likeness (QED) is 0.581. The van der Waals surface area contributed by atoms with Gasteiger partial charge in [-0.1, -0.05) is 38.1 Å². The number of aryl methyl sites for hydroxylation is 1. The molecule has 0 unspecified atom stereocenters. The van der Waals surface area contributed by atoms with Gasteiger partial charge in [-0.2, -0.15) is 5.26 Å². The standard InChI is InChI=1S/C22H22N2O3S/c1-14(2)16-9-6-15(7-10-16)8-11-21(26)27-13-20(25)24-22-18(12-23)17-4-3-5-19(17)28-22/h6-11,14H,3-5,13H2,1-2H3,(H,24,25). The third-order valence-corrected chi connectivity index (χ3v) is 5.85. The molecule has 144 valence electrons. The Morgan fingerprint density at radius 3 is 2.71 bits per heavy atom. The Bertz CT molecular complexity index is 949. The highest BCUT2D eigenvalue weighted by atomic mass is 32.1. The predicted octanol–water partition coefficient (Wildman–Crippen LogP) is 4.43. The maximum atomic E-state index is 12.1. The van der Waals surface area contributed by atoms with E-state index in [1.807, 2.05) is 24.3 Å². The van der Waals surface area contributed by atoms with E-state index in [1.165, 1.54) is 23.0 Å². The van der Waals surface area contributed by atoms with Gasteiger partial charge in [-0.05, 0) is 47.9 Å². The van der Waals surface area contributed by atoms with Crippen LogP contribution in [0.3, 0.4) is 0 Å². The van der Waals surface area contributed by atoms with Crippen LogP contribution in [0.4, 0.5) is 5.00 Å². The summed E-state index contributed by atoms with van der Waals surface area (Å²) in [6, 6.07) is 10.1. The van der Waals surface area contributed by atoms with Crippen LogP contribution in [0.25, 0.3) is 6.08 Å². The van der Waals surface area contributed by atoms with Gasteiger partial charge in [0.25, 0.3) is 5.91 Å². The fourth-order valence-electron chi connectivity index (χ4n) is 3.11. The maximum absolute atomic E-state index is 12.1. The highest BCUT2D eigenvalue weighted by Gasteiger charge is 2.23. The highest BCUT2D eigenvalue weighted by Crippen LogP contribution is 2.38. The molecule has 0 saturated heterocycles. The topological polar surface area (TPSA) is 79.2 Å². The number of benzene rings is 1. The molecule has 1 heterocycles. The largest absolute Gasteiger partial charge is 0.452 e. The van der Waals surface area contributed by atoms with Gasteiger partial charge >= 0.3 is 5.97 Å². The van der Waals surface area contributed by atoms with Gasteiger partial charge in [0.2, 0.25) is 0 Å². The molecule has 3 rings (SSSR count). The SMILES string of the molecule is CC(C)c1ccc(C=CC(=O)OCC(=O)Nc2sc3c(c2C#N)CCC3)cc1. The minimum Gasteiger partial charge on any atom is -0.452 e. The third kappa shape index (κ3) is 4.68. The van der Waals surface area contributed by atoms with E-state index in [4.69, 9.17) is 4.74 Å². The molecule has 0 spiro atoms. The van der Waals surface area contributed by atoms with Crippen molar-refractivity contribution in [3.05, 3.63) is 57.5 Å². The molecule has 0 aliphatic heterocycles. The number of ether oxygens (including phenoxy) is 1. The first-order valence-electron chi connectivity index (χ1n) is 9.27. The first-order valence-corrected chi connectivity index (χ1v) is 10.1. The van der Waals surface area contributed by atoms with E-state index < -0.39 is 11.9 Å². The molecule has 5 nitrogen and oxygen atoms in total. The predicted molar refractivity (Wildman–Crippen MR) is 110 cm³/mol. The molecule has 0 bridgehead atoms. The van der Waals surface area contributed by atoms with E-state index in [2.05, 4.69) is 25.2 Å². The Labute approximate surface area is 168 Å². The van der Waals surface area contributed by atoms with Crippen LogP contribution in [0.2, 0.25) is 0 Å². The van der Waals surface area contributed by atoms with Gasteiger partial charge < -0.3 is 10.1 Å². The van der Waals surface area contributed by atoms with Crippen molar-refractivity contribution in [1.82, 2.24) is 0 Å². The number of nitriles is 1. The van der Waals surface area contributed by atoms with Gasteiger partial charge in [0, 0.05) is 11.0 Å². The lowest BCUT2D eigenvalue weighted by Crippen LogP contribution is -2.20. The smallest absolute Gasteiger partial charge is 0.331 e. The second kappa shape index (κ2) is 8.85. The number of thiophene rings is 1. The molecule has 1 amide bonds. The molecule has 1 aromatic heterocycles. The van der Waals surface area contributed by atoms with Gasteiger partial charge in [-0.15, -0.1) is 11.3 Å². The molecule has 2 aromatic rings. The van der Waals surface area contributed by atoms with Crippen molar-refractivity contribution in [1.29, 1.82) is 5.26 Å². The van der Waals surface area contributed by atoms with Crippen molar-refractivity contribution in [2.24, 2.45) is 0 Å². The van der Waals surface area contributed by atoms with Crippen molar-refractivity contribution in [2.45, 2.75) is 39.0 Å². The van der Waals surface area contributed by atoms with Gasteiger partial charge in [0.1, 0.15) is 11.1 Å². The zero-order chi connectivity index (χ0) is 20.1. The van der Waals surface area contributed by atoms with Crippen molar-refractivity contribution < 1.29 is 14.3 Å². The second-order valence-corrected chi connectivity index (χ2v) is 8.09. The number of fused-ring (bicyclic) bond motifs is 1. The van der Waals surface area contributed by atoms with Crippen LogP contribution in [0.1, 0.15) is 53.3 Å². The maximum Gasteiger partial charge on any atom is 0.331 e. The van der Waals surface area contributed by atoms with Crippen LogP contribution in [0, 0.1) is 11.3 Å². The van der Waals surface area contributed by atoms with E-state index in [-0.39, 0.29) is 6.61 Å².